The van der Waals surface area contributed by atoms with E-state index >= 15 is 0 Å². The standard InChI is InChI=1S/C21H26N2O3/c1-22(2)16-13-17-21(19(20(16)24)15-9-5-3-6-10-15)26-18(25-17)14-23-11-7-4-8-12-23/h3,5-6,9-10,13,18,24H,4,7-8,11-12,14H2,1-2H3. The Balaban J connectivity index is 1.68. The van der Waals surface area contributed by atoms with Crippen molar-refractivity contribution in [3.05, 3.63) is 36.4 Å². The van der Waals surface area contributed by atoms with Crippen LogP contribution in [0.2, 0.25) is 0 Å². The fourth-order valence-corrected chi connectivity index (χ4v) is 3.76. The van der Waals surface area contributed by atoms with Gasteiger partial charge in [0, 0.05) is 20.2 Å². The van der Waals surface area contributed by atoms with Crippen molar-refractivity contribution in [2.45, 2.75) is 25.6 Å². The Labute approximate surface area is 154 Å². The van der Waals surface area contributed by atoms with Crippen molar-refractivity contribution in [2.24, 2.45) is 0 Å². The number of hydrogen-bond donors (Lipinski definition) is 1. The van der Waals surface area contributed by atoms with Gasteiger partial charge in [-0.1, -0.05) is 36.8 Å². The van der Waals surface area contributed by atoms with Crippen LogP contribution < -0.4 is 14.4 Å². The minimum Gasteiger partial charge on any atom is -0.505 e. The van der Waals surface area contributed by atoms with Gasteiger partial charge in [0.05, 0.1) is 17.8 Å². The molecular formula is C21H26N2O3. The Bertz CT molecular complexity index is 771. The third-order valence-corrected chi connectivity index (χ3v) is 5.11. The van der Waals surface area contributed by atoms with Crippen molar-refractivity contribution in [1.82, 2.24) is 4.90 Å². The molecule has 0 bridgehead atoms. The molecule has 5 heteroatoms. The molecule has 2 aromatic carbocycles. The molecule has 1 saturated heterocycles. The van der Waals surface area contributed by atoms with Gasteiger partial charge in [-0.15, -0.1) is 0 Å². The average Bonchev–Trinajstić information content (AvgIpc) is 3.04. The van der Waals surface area contributed by atoms with E-state index < -0.39 is 0 Å². The second-order valence-corrected chi connectivity index (χ2v) is 7.23. The topological polar surface area (TPSA) is 45.2 Å². The molecule has 1 fully saturated rings. The molecule has 1 unspecified atom stereocenters. The Morgan fingerprint density at radius 3 is 2.50 bits per heavy atom. The van der Waals surface area contributed by atoms with Gasteiger partial charge in [0.1, 0.15) is 0 Å². The highest BCUT2D eigenvalue weighted by atomic mass is 16.7. The third-order valence-electron chi connectivity index (χ3n) is 5.11. The lowest BCUT2D eigenvalue weighted by molar-refractivity contribution is 0.0106. The van der Waals surface area contributed by atoms with Gasteiger partial charge in [0.2, 0.25) is 0 Å². The number of piperidine rings is 1. The summed E-state index contributed by atoms with van der Waals surface area (Å²) in [5.41, 5.74) is 2.35. The smallest absolute Gasteiger partial charge is 0.254 e. The molecule has 4 rings (SSSR count). The van der Waals surface area contributed by atoms with Gasteiger partial charge in [-0.05, 0) is 31.5 Å². The molecule has 0 spiro atoms. The molecule has 0 amide bonds. The van der Waals surface area contributed by atoms with Crippen LogP contribution in [0.1, 0.15) is 19.3 Å². The van der Waals surface area contributed by atoms with E-state index in [9.17, 15) is 5.11 Å². The molecule has 138 valence electrons. The van der Waals surface area contributed by atoms with Crippen LogP contribution in [-0.2, 0) is 0 Å². The number of aromatic hydroxyl groups is 1. The predicted molar refractivity (Wildman–Crippen MR) is 103 cm³/mol. The zero-order chi connectivity index (χ0) is 18.1. The number of fused-ring (bicyclic) bond motifs is 1. The predicted octanol–water partition coefficient (Wildman–Crippen LogP) is 3.71. The van der Waals surface area contributed by atoms with Crippen LogP contribution in [-0.4, -0.2) is 50.0 Å². The van der Waals surface area contributed by atoms with Crippen LogP contribution >= 0.6 is 0 Å². The number of ether oxygens (including phenoxy) is 2. The van der Waals surface area contributed by atoms with Crippen molar-refractivity contribution in [3.8, 4) is 28.4 Å². The maximum atomic E-state index is 10.9. The lowest BCUT2D eigenvalue weighted by Gasteiger charge is -2.27. The normalized spacial score (nSPS) is 19.5. The third kappa shape index (κ3) is 3.19. The molecule has 1 N–H and O–H groups in total. The highest BCUT2D eigenvalue weighted by Gasteiger charge is 2.32. The van der Waals surface area contributed by atoms with E-state index in [0.29, 0.717) is 17.1 Å². The van der Waals surface area contributed by atoms with Crippen LogP contribution in [0, 0.1) is 0 Å². The van der Waals surface area contributed by atoms with E-state index in [-0.39, 0.29) is 12.0 Å². The van der Waals surface area contributed by atoms with E-state index in [1.54, 1.807) is 0 Å². The van der Waals surface area contributed by atoms with E-state index in [1.807, 2.05) is 55.4 Å². The van der Waals surface area contributed by atoms with Crippen LogP contribution in [0.3, 0.4) is 0 Å². The fraction of sp³-hybridized carbons (Fsp3) is 0.429. The largest absolute Gasteiger partial charge is 0.505 e. The number of phenols is 1. The molecule has 5 nitrogen and oxygen atoms in total. The average molecular weight is 354 g/mol. The first-order valence-corrected chi connectivity index (χ1v) is 9.32. The minimum absolute atomic E-state index is 0.224. The van der Waals surface area contributed by atoms with E-state index in [1.165, 1.54) is 19.3 Å². The highest BCUT2D eigenvalue weighted by molar-refractivity contribution is 5.86. The molecule has 26 heavy (non-hydrogen) atoms. The zero-order valence-electron chi connectivity index (χ0n) is 15.4. The molecule has 0 saturated carbocycles. The number of likely N-dealkylation sites (tertiary alicyclic amines) is 1. The molecular weight excluding hydrogens is 328 g/mol. The molecule has 2 heterocycles. The van der Waals surface area contributed by atoms with Gasteiger partial charge in [-0.2, -0.15) is 0 Å². The van der Waals surface area contributed by atoms with Gasteiger partial charge < -0.3 is 19.5 Å². The number of nitrogens with zero attached hydrogens (tertiary/aromatic N) is 2. The van der Waals surface area contributed by atoms with Crippen LogP contribution in [0.15, 0.2) is 36.4 Å². The summed E-state index contributed by atoms with van der Waals surface area (Å²) < 4.78 is 12.3. The summed E-state index contributed by atoms with van der Waals surface area (Å²) in [4.78, 5) is 4.29. The van der Waals surface area contributed by atoms with Gasteiger partial charge in [-0.25, -0.2) is 0 Å². The number of benzene rings is 2. The Hall–Kier alpha value is -2.40. The van der Waals surface area contributed by atoms with Crippen molar-refractivity contribution < 1.29 is 14.6 Å². The fourth-order valence-electron chi connectivity index (χ4n) is 3.76. The Kier molecular flexibility index (Phi) is 4.64. The number of hydrogen-bond acceptors (Lipinski definition) is 5. The molecule has 0 aromatic heterocycles. The van der Waals surface area contributed by atoms with Crippen molar-refractivity contribution in [3.63, 3.8) is 0 Å². The minimum atomic E-state index is -0.331. The van der Waals surface area contributed by atoms with Crippen LogP contribution in [0.5, 0.6) is 17.2 Å². The quantitative estimate of drug-likeness (QED) is 0.907. The van der Waals surface area contributed by atoms with E-state index in [2.05, 4.69) is 4.90 Å². The summed E-state index contributed by atoms with van der Waals surface area (Å²) in [7, 11) is 3.83. The maximum absolute atomic E-state index is 10.9. The lowest BCUT2D eigenvalue weighted by atomic mass is 10.0. The molecule has 2 aromatic rings. The van der Waals surface area contributed by atoms with Gasteiger partial charge in [0.25, 0.3) is 6.29 Å². The summed E-state index contributed by atoms with van der Waals surface area (Å²) in [6, 6.07) is 11.7. The number of anilines is 1. The summed E-state index contributed by atoms with van der Waals surface area (Å²) in [5.74, 6) is 1.57. The second-order valence-electron chi connectivity index (χ2n) is 7.23. The number of rotatable bonds is 4. The summed E-state index contributed by atoms with van der Waals surface area (Å²) in [5, 5.41) is 10.9. The summed E-state index contributed by atoms with van der Waals surface area (Å²) >= 11 is 0. The first kappa shape index (κ1) is 17.0. The van der Waals surface area contributed by atoms with Gasteiger partial charge in [0.15, 0.2) is 17.2 Å². The van der Waals surface area contributed by atoms with E-state index in [0.717, 1.165) is 30.9 Å². The Morgan fingerprint density at radius 2 is 1.81 bits per heavy atom. The molecule has 2 aliphatic heterocycles. The molecule has 0 aliphatic carbocycles. The van der Waals surface area contributed by atoms with Crippen molar-refractivity contribution >= 4 is 5.69 Å². The molecule has 0 radical (unpaired) electrons. The molecule has 2 aliphatic rings. The first-order valence-electron chi connectivity index (χ1n) is 9.32. The zero-order valence-corrected chi connectivity index (χ0v) is 15.4. The van der Waals surface area contributed by atoms with E-state index in [4.69, 9.17) is 9.47 Å². The maximum Gasteiger partial charge on any atom is 0.254 e. The first-order chi connectivity index (χ1) is 12.6. The lowest BCUT2D eigenvalue weighted by Crippen LogP contribution is -2.39. The summed E-state index contributed by atoms with van der Waals surface area (Å²) in [6.45, 7) is 2.94. The monoisotopic (exact) mass is 354 g/mol. The number of phenolic OH excluding ortho intramolecular Hbond substituents is 1. The van der Waals surface area contributed by atoms with Crippen LogP contribution in [0.25, 0.3) is 11.1 Å². The second kappa shape index (κ2) is 7.08. The SMILES string of the molecule is CN(C)c1cc2c(c(-c3ccccc3)c1O)OC(CN1CCCCC1)O2. The summed E-state index contributed by atoms with van der Waals surface area (Å²) in [6.07, 6.45) is 3.45. The molecule has 1 atom stereocenters. The Morgan fingerprint density at radius 1 is 1.08 bits per heavy atom. The van der Waals surface area contributed by atoms with Crippen LogP contribution in [0.4, 0.5) is 5.69 Å². The van der Waals surface area contributed by atoms with Crippen molar-refractivity contribution in [2.75, 3.05) is 38.6 Å². The van der Waals surface area contributed by atoms with Gasteiger partial charge in [-0.3, -0.25) is 4.90 Å². The highest BCUT2D eigenvalue weighted by Crippen LogP contribution is 2.52. The van der Waals surface area contributed by atoms with Crippen molar-refractivity contribution in [1.29, 1.82) is 0 Å². The van der Waals surface area contributed by atoms with Gasteiger partial charge >= 0.3 is 0 Å².